The number of methoxy groups -OCH3 is 1. The van der Waals surface area contributed by atoms with Crippen LogP contribution in [0.5, 0.6) is 5.75 Å². The molecule has 1 N–H and O–H groups in total. The highest BCUT2D eigenvalue weighted by Gasteiger charge is 2.24. The summed E-state index contributed by atoms with van der Waals surface area (Å²) in [4.78, 5) is 11.3. The number of carboxylic acid groups (broad SMARTS) is 1. The lowest BCUT2D eigenvalue weighted by Gasteiger charge is -2.23. The molecule has 0 spiro atoms. The fourth-order valence-corrected chi connectivity index (χ4v) is 5.80. The molecule has 0 amide bonds. The molecule has 0 saturated carbocycles. The molecule has 0 heterocycles. The zero-order valence-electron chi connectivity index (χ0n) is 25.7. The van der Waals surface area contributed by atoms with Gasteiger partial charge in [0.1, 0.15) is 18.5 Å². The molecule has 4 aromatic rings. The predicted molar refractivity (Wildman–Crippen MR) is 176 cm³/mol. The van der Waals surface area contributed by atoms with E-state index in [1.165, 1.54) is 58.9 Å². The van der Waals surface area contributed by atoms with Gasteiger partial charge in [-0.2, -0.15) is 0 Å². The van der Waals surface area contributed by atoms with Crippen molar-refractivity contribution in [2.75, 3.05) is 20.3 Å². The fourth-order valence-electron chi connectivity index (χ4n) is 5.80. The molecule has 0 aliphatic heterocycles. The third-order valence-corrected chi connectivity index (χ3v) is 8.26. The van der Waals surface area contributed by atoms with Gasteiger partial charge in [-0.3, -0.25) is 0 Å². The van der Waals surface area contributed by atoms with Crippen LogP contribution in [0.2, 0.25) is 0 Å². The minimum Gasteiger partial charge on any atom is -0.491 e. The maximum Gasteiger partial charge on any atom is 0.333 e. The summed E-state index contributed by atoms with van der Waals surface area (Å²) in [6.07, 6.45) is 9.14. The lowest BCUT2D eigenvalue weighted by molar-refractivity contribution is -0.148. The van der Waals surface area contributed by atoms with E-state index in [0.29, 0.717) is 25.4 Å². The van der Waals surface area contributed by atoms with Gasteiger partial charge in [0.05, 0.1) is 6.61 Å². The number of unbranched alkanes of at least 4 members (excludes halogenated alkanes) is 1. The van der Waals surface area contributed by atoms with E-state index in [1.807, 2.05) is 24.3 Å². The van der Waals surface area contributed by atoms with Crippen molar-refractivity contribution in [3.05, 3.63) is 136 Å². The fraction of sp³-hybridized carbons (Fsp3) is 0.308. The van der Waals surface area contributed by atoms with Gasteiger partial charge in [0.2, 0.25) is 0 Å². The van der Waals surface area contributed by atoms with Crippen LogP contribution < -0.4 is 4.74 Å². The van der Waals surface area contributed by atoms with Crippen LogP contribution >= 0.6 is 0 Å². The van der Waals surface area contributed by atoms with Gasteiger partial charge in [-0.05, 0) is 82.3 Å². The summed E-state index contributed by atoms with van der Waals surface area (Å²) in [7, 11) is 1.41. The smallest absolute Gasteiger partial charge is 0.333 e. The summed E-state index contributed by atoms with van der Waals surface area (Å²) in [6.45, 7) is 3.04. The van der Waals surface area contributed by atoms with Crippen LogP contribution in [0.3, 0.4) is 0 Å². The monoisotopic (exact) mass is 590 g/mol. The second-order valence-electron chi connectivity index (χ2n) is 11.3. The van der Waals surface area contributed by atoms with Crippen LogP contribution in [-0.2, 0) is 40.0 Å². The van der Waals surface area contributed by atoms with Gasteiger partial charge < -0.3 is 19.3 Å². The predicted octanol–water partition coefficient (Wildman–Crippen LogP) is 8.13. The maximum absolute atomic E-state index is 11.3. The normalized spacial score (nSPS) is 14.4. The van der Waals surface area contributed by atoms with Crippen molar-refractivity contribution < 1.29 is 24.1 Å². The Morgan fingerprint density at radius 3 is 2.34 bits per heavy atom. The van der Waals surface area contributed by atoms with E-state index in [-0.39, 0.29) is 6.10 Å². The van der Waals surface area contributed by atoms with E-state index in [0.717, 1.165) is 24.8 Å². The third-order valence-electron chi connectivity index (χ3n) is 8.26. The Labute approximate surface area is 261 Å². The highest BCUT2D eigenvalue weighted by Crippen LogP contribution is 2.37. The molecule has 5 heteroatoms. The van der Waals surface area contributed by atoms with Gasteiger partial charge in [-0.15, -0.1) is 0 Å². The summed E-state index contributed by atoms with van der Waals surface area (Å²) in [5.41, 5.74) is 9.71. The minimum atomic E-state index is -0.970. The Morgan fingerprint density at radius 1 is 0.795 bits per heavy atom. The number of hydrogen-bond acceptors (Lipinski definition) is 4. The Kier molecular flexibility index (Phi) is 11.0. The topological polar surface area (TPSA) is 65.0 Å². The molecule has 4 aromatic carbocycles. The highest BCUT2D eigenvalue weighted by molar-refractivity contribution is 5.78. The van der Waals surface area contributed by atoms with E-state index in [9.17, 15) is 9.90 Å². The molecule has 0 radical (unpaired) electrons. The van der Waals surface area contributed by atoms with Crippen molar-refractivity contribution in [2.24, 2.45) is 0 Å². The molecular formula is C39H42O5. The largest absolute Gasteiger partial charge is 0.491 e. The Balaban J connectivity index is 1.31. The molecule has 2 atom stereocenters. The first-order valence-electron chi connectivity index (χ1n) is 15.6. The number of benzene rings is 4. The number of hydrogen-bond donors (Lipinski definition) is 1. The summed E-state index contributed by atoms with van der Waals surface area (Å²) in [5, 5.41) is 9.25. The van der Waals surface area contributed by atoms with Gasteiger partial charge in [0, 0.05) is 13.5 Å². The molecule has 2 unspecified atom stereocenters. The highest BCUT2D eigenvalue weighted by atomic mass is 16.5. The average molecular weight is 591 g/mol. The van der Waals surface area contributed by atoms with Crippen LogP contribution in [0.4, 0.5) is 0 Å². The van der Waals surface area contributed by atoms with Crippen LogP contribution in [0.25, 0.3) is 12.2 Å². The second kappa shape index (κ2) is 15.5. The number of rotatable bonds is 15. The zero-order chi connectivity index (χ0) is 30.7. The number of aryl methyl sites for hydroxylation is 3. The molecule has 0 bridgehead atoms. The van der Waals surface area contributed by atoms with Crippen LogP contribution in [0, 0.1) is 0 Å². The van der Waals surface area contributed by atoms with Gasteiger partial charge >= 0.3 is 5.97 Å². The standard InChI is InChI=1S/C39H42O5/c1-3-4-9-29-17-22-35-32(26-29)19-23-34-31(18-14-28-10-6-5-7-11-28)12-8-13-36(34)38(35)44-25-24-43-33-20-15-30(16-21-33)27-37(42-2)39(40)41/h5-8,10-13,15-17,19-23,26,37-38H,3-4,9,14,18,24-25,27H2,1-2H3,(H,40,41). The Bertz CT molecular complexity index is 1540. The van der Waals surface area contributed by atoms with E-state index >= 15 is 0 Å². The number of aliphatic carboxylic acids is 1. The van der Waals surface area contributed by atoms with Crippen molar-refractivity contribution in [1.29, 1.82) is 0 Å². The molecule has 228 valence electrons. The SMILES string of the molecule is CCCCc1ccc2c(c1)C=Cc1c(CCc3ccccc3)cccc1C2OCCOc1ccc(CC(OC)C(=O)O)cc1. The van der Waals surface area contributed by atoms with E-state index in [4.69, 9.17) is 14.2 Å². The minimum absolute atomic E-state index is 0.208. The van der Waals surface area contributed by atoms with Gasteiger partial charge in [0.25, 0.3) is 0 Å². The van der Waals surface area contributed by atoms with E-state index in [2.05, 4.69) is 85.8 Å². The first-order valence-corrected chi connectivity index (χ1v) is 15.6. The molecule has 0 saturated heterocycles. The first-order chi connectivity index (χ1) is 21.6. The zero-order valence-corrected chi connectivity index (χ0v) is 25.7. The summed E-state index contributed by atoms with van der Waals surface area (Å²) >= 11 is 0. The van der Waals surface area contributed by atoms with Gasteiger partial charge in [0.15, 0.2) is 6.10 Å². The summed E-state index contributed by atoms with van der Waals surface area (Å²) in [5.74, 6) is -0.254. The van der Waals surface area contributed by atoms with Crippen LogP contribution in [-0.4, -0.2) is 37.5 Å². The van der Waals surface area contributed by atoms with Crippen molar-refractivity contribution in [3.63, 3.8) is 0 Å². The van der Waals surface area contributed by atoms with E-state index < -0.39 is 12.1 Å². The quantitative estimate of drug-likeness (QED) is 0.142. The second-order valence-corrected chi connectivity index (χ2v) is 11.3. The molecule has 1 aliphatic carbocycles. The summed E-state index contributed by atoms with van der Waals surface area (Å²) < 4.78 is 17.7. The van der Waals surface area contributed by atoms with Gasteiger partial charge in [-0.25, -0.2) is 4.79 Å². The molecule has 0 fully saturated rings. The first kappa shape index (κ1) is 31.2. The van der Waals surface area contributed by atoms with Crippen LogP contribution in [0.1, 0.15) is 70.4 Å². The van der Waals surface area contributed by atoms with Crippen molar-refractivity contribution in [2.45, 2.75) is 57.7 Å². The van der Waals surface area contributed by atoms with E-state index in [1.54, 1.807) is 0 Å². The molecule has 5 nitrogen and oxygen atoms in total. The maximum atomic E-state index is 11.3. The van der Waals surface area contributed by atoms with Crippen LogP contribution in [0.15, 0.2) is 91.0 Å². The van der Waals surface area contributed by atoms with Crippen molar-refractivity contribution in [3.8, 4) is 5.75 Å². The lowest BCUT2D eigenvalue weighted by atomic mass is 9.91. The lowest BCUT2D eigenvalue weighted by Crippen LogP contribution is -2.24. The number of fused-ring (bicyclic) bond motifs is 2. The number of ether oxygens (including phenoxy) is 3. The third kappa shape index (κ3) is 8.04. The van der Waals surface area contributed by atoms with Crippen molar-refractivity contribution in [1.82, 2.24) is 0 Å². The molecule has 0 aromatic heterocycles. The van der Waals surface area contributed by atoms with Crippen molar-refractivity contribution >= 4 is 18.1 Å². The average Bonchev–Trinajstić information content (AvgIpc) is 3.21. The summed E-state index contributed by atoms with van der Waals surface area (Å²) in [6, 6.07) is 31.5. The molecule has 5 rings (SSSR count). The van der Waals surface area contributed by atoms with Gasteiger partial charge in [-0.1, -0.05) is 104 Å². The Hall–Kier alpha value is -4.19. The number of carboxylic acids is 1. The molecule has 44 heavy (non-hydrogen) atoms. The Morgan fingerprint density at radius 2 is 1.59 bits per heavy atom. The molecular weight excluding hydrogens is 548 g/mol. The molecule has 1 aliphatic rings. The number of carbonyl (C=O) groups is 1.